The number of rotatable bonds is 6. The van der Waals surface area contributed by atoms with Crippen LogP contribution in [0.15, 0.2) is 24.3 Å². The number of hydrogen-bond donors (Lipinski definition) is 1. The predicted molar refractivity (Wildman–Crippen MR) is 83.4 cm³/mol. The maximum atomic E-state index is 5.89. The molecule has 1 heterocycles. The first-order valence-electron chi connectivity index (χ1n) is 8.02. The third-order valence-corrected chi connectivity index (χ3v) is 4.40. The lowest BCUT2D eigenvalue weighted by Gasteiger charge is -2.18. The molecule has 2 unspecified atom stereocenters. The normalized spacial score (nSPS) is 24.6. The Bertz CT molecular complexity index is 444. The lowest BCUT2D eigenvalue weighted by atomic mass is 10.2. The van der Waals surface area contributed by atoms with Crippen LogP contribution in [0.3, 0.4) is 0 Å². The van der Waals surface area contributed by atoms with E-state index in [9.17, 15) is 0 Å². The molecule has 0 aromatic heterocycles. The van der Waals surface area contributed by atoms with Gasteiger partial charge in [-0.3, -0.25) is 4.90 Å². The van der Waals surface area contributed by atoms with Crippen molar-refractivity contribution in [3.63, 3.8) is 0 Å². The Labute approximate surface area is 122 Å². The Morgan fingerprint density at radius 3 is 2.95 bits per heavy atom. The van der Waals surface area contributed by atoms with E-state index >= 15 is 0 Å². The highest BCUT2D eigenvalue weighted by molar-refractivity contribution is 5.49. The van der Waals surface area contributed by atoms with E-state index in [1.165, 1.54) is 38.0 Å². The molecule has 1 aromatic carbocycles. The minimum atomic E-state index is 0.280. The number of nitrogens with zero attached hydrogens (tertiary/aromatic N) is 1. The van der Waals surface area contributed by atoms with E-state index < -0.39 is 0 Å². The molecule has 20 heavy (non-hydrogen) atoms. The molecule has 1 saturated carbocycles. The number of hydrogen-bond acceptors (Lipinski definition) is 3. The molecule has 0 radical (unpaired) electrons. The van der Waals surface area contributed by atoms with Crippen molar-refractivity contribution in [2.75, 3.05) is 18.4 Å². The van der Waals surface area contributed by atoms with Gasteiger partial charge in [-0.1, -0.05) is 13.0 Å². The van der Waals surface area contributed by atoms with Gasteiger partial charge >= 0.3 is 0 Å². The number of benzene rings is 1. The first kappa shape index (κ1) is 13.7. The topological polar surface area (TPSA) is 24.5 Å². The zero-order chi connectivity index (χ0) is 13.9. The number of anilines is 1. The summed E-state index contributed by atoms with van der Waals surface area (Å²) in [7, 11) is 0. The van der Waals surface area contributed by atoms with Gasteiger partial charge in [-0.15, -0.1) is 0 Å². The molecule has 3 nitrogen and oxygen atoms in total. The van der Waals surface area contributed by atoms with Crippen LogP contribution in [0.25, 0.3) is 0 Å². The standard InChI is InChI=1S/C17H26N2O/c1-3-13(2)20-17-6-4-5-14(11-17)18-15-9-10-19(12-15)16-7-8-16/h4-6,11,13,15-16,18H,3,7-10,12H2,1-2H3. The fourth-order valence-corrected chi connectivity index (χ4v) is 2.89. The summed E-state index contributed by atoms with van der Waals surface area (Å²) in [5.74, 6) is 0.974. The second kappa shape index (κ2) is 6.04. The van der Waals surface area contributed by atoms with Crippen molar-refractivity contribution in [3.8, 4) is 5.75 Å². The summed E-state index contributed by atoms with van der Waals surface area (Å²) in [6.45, 7) is 6.72. The monoisotopic (exact) mass is 274 g/mol. The Morgan fingerprint density at radius 2 is 2.20 bits per heavy atom. The van der Waals surface area contributed by atoms with Gasteiger partial charge in [-0.2, -0.15) is 0 Å². The van der Waals surface area contributed by atoms with Gasteiger partial charge in [0.15, 0.2) is 0 Å². The quantitative estimate of drug-likeness (QED) is 0.859. The third-order valence-electron chi connectivity index (χ3n) is 4.40. The minimum Gasteiger partial charge on any atom is -0.491 e. The minimum absolute atomic E-state index is 0.280. The molecule has 1 aliphatic heterocycles. The van der Waals surface area contributed by atoms with Crippen LogP contribution in [0.4, 0.5) is 5.69 Å². The molecule has 3 heteroatoms. The molecular formula is C17H26N2O. The number of likely N-dealkylation sites (tertiary alicyclic amines) is 1. The van der Waals surface area contributed by atoms with Crippen LogP contribution in [0, 0.1) is 0 Å². The van der Waals surface area contributed by atoms with Gasteiger partial charge in [0, 0.05) is 36.9 Å². The summed E-state index contributed by atoms with van der Waals surface area (Å²) < 4.78 is 5.89. The second-order valence-corrected chi connectivity index (χ2v) is 6.22. The van der Waals surface area contributed by atoms with Crippen molar-refractivity contribution in [2.45, 2.75) is 57.7 Å². The van der Waals surface area contributed by atoms with Crippen LogP contribution < -0.4 is 10.1 Å². The fraction of sp³-hybridized carbons (Fsp3) is 0.647. The second-order valence-electron chi connectivity index (χ2n) is 6.22. The van der Waals surface area contributed by atoms with Gasteiger partial charge in [0.05, 0.1) is 6.10 Å². The van der Waals surface area contributed by atoms with Gasteiger partial charge in [0.1, 0.15) is 5.75 Å². The number of ether oxygens (including phenoxy) is 1. The van der Waals surface area contributed by atoms with E-state index in [0.717, 1.165) is 18.2 Å². The predicted octanol–water partition coefficient (Wildman–Crippen LogP) is 3.51. The van der Waals surface area contributed by atoms with E-state index in [-0.39, 0.29) is 6.10 Å². The van der Waals surface area contributed by atoms with Gasteiger partial charge < -0.3 is 10.1 Å². The van der Waals surface area contributed by atoms with Crippen molar-refractivity contribution in [1.82, 2.24) is 4.90 Å². The molecular weight excluding hydrogens is 248 g/mol. The Balaban J connectivity index is 1.55. The maximum absolute atomic E-state index is 5.89. The molecule has 0 amide bonds. The average Bonchev–Trinajstić information content (AvgIpc) is 3.20. The third kappa shape index (κ3) is 3.45. The maximum Gasteiger partial charge on any atom is 0.121 e. The number of nitrogens with one attached hydrogen (secondary N) is 1. The van der Waals surface area contributed by atoms with Crippen molar-refractivity contribution in [3.05, 3.63) is 24.3 Å². The molecule has 1 aromatic rings. The summed E-state index contributed by atoms with van der Waals surface area (Å²) in [6.07, 6.45) is 5.39. The lowest BCUT2D eigenvalue weighted by molar-refractivity contribution is 0.217. The highest BCUT2D eigenvalue weighted by atomic mass is 16.5. The average molecular weight is 274 g/mol. The molecule has 0 bridgehead atoms. The smallest absolute Gasteiger partial charge is 0.121 e. The Kier molecular flexibility index (Phi) is 4.16. The van der Waals surface area contributed by atoms with Crippen LogP contribution in [0.5, 0.6) is 5.75 Å². The van der Waals surface area contributed by atoms with Crippen molar-refractivity contribution >= 4 is 5.69 Å². The van der Waals surface area contributed by atoms with E-state index in [4.69, 9.17) is 4.74 Å². The zero-order valence-corrected chi connectivity index (χ0v) is 12.6. The van der Waals surface area contributed by atoms with E-state index in [1.54, 1.807) is 0 Å². The SMILES string of the molecule is CCC(C)Oc1cccc(NC2CCN(C3CC3)C2)c1. The first-order valence-corrected chi connectivity index (χ1v) is 8.02. The molecule has 2 aliphatic rings. The lowest BCUT2D eigenvalue weighted by Crippen LogP contribution is -2.27. The summed E-state index contributed by atoms with van der Waals surface area (Å²) in [4.78, 5) is 2.64. The molecule has 1 N–H and O–H groups in total. The molecule has 3 rings (SSSR count). The van der Waals surface area contributed by atoms with E-state index in [1.807, 2.05) is 6.07 Å². The molecule has 2 fully saturated rings. The molecule has 1 aliphatic carbocycles. The van der Waals surface area contributed by atoms with E-state index in [0.29, 0.717) is 6.04 Å². The van der Waals surface area contributed by atoms with Crippen molar-refractivity contribution in [2.24, 2.45) is 0 Å². The Morgan fingerprint density at radius 1 is 1.35 bits per heavy atom. The highest BCUT2D eigenvalue weighted by Crippen LogP contribution is 2.31. The van der Waals surface area contributed by atoms with Gasteiger partial charge in [0.2, 0.25) is 0 Å². The molecule has 0 spiro atoms. The van der Waals surface area contributed by atoms with Crippen molar-refractivity contribution in [1.29, 1.82) is 0 Å². The Hall–Kier alpha value is -1.22. The first-order chi connectivity index (χ1) is 9.74. The zero-order valence-electron chi connectivity index (χ0n) is 12.6. The van der Waals surface area contributed by atoms with Gasteiger partial charge in [0.25, 0.3) is 0 Å². The van der Waals surface area contributed by atoms with Crippen LogP contribution in [0.2, 0.25) is 0 Å². The van der Waals surface area contributed by atoms with Crippen LogP contribution >= 0.6 is 0 Å². The van der Waals surface area contributed by atoms with Crippen LogP contribution in [-0.4, -0.2) is 36.2 Å². The summed E-state index contributed by atoms with van der Waals surface area (Å²) in [5.41, 5.74) is 1.19. The summed E-state index contributed by atoms with van der Waals surface area (Å²) in [5, 5.41) is 3.66. The summed E-state index contributed by atoms with van der Waals surface area (Å²) in [6, 6.07) is 9.88. The summed E-state index contributed by atoms with van der Waals surface area (Å²) >= 11 is 0. The van der Waals surface area contributed by atoms with E-state index in [2.05, 4.69) is 42.3 Å². The fourth-order valence-electron chi connectivity index (χ4n) is 2.89. The molecule has 1 saturated heterocycles. The largest absolute Gasteiger partial charge is 0.491 e. The van der Waals surface area contributed by atoms with Gasteiger partial charge in [-0.25, -0.2) is 0 Å². The van der Waals surface area contributed by atoms with Crippen LogP contribution in [0.1, 0.15) is 39.5 Å². The highest BCUT2D eigenvalue weighted by Gasteiger charge is 2.34. The van der Waals surface area contributed by atoms with Crippen LogP contribution in [-0.2, 0) is 0 Å². The molecule has 2 atom stereocenters. The van der Waals surface area contributed by atoms with Crippen molar-refractivity contribution < 1.29 is 4.74 Å². The molecule has 110 valence electrons. The van der Waals surface area contributed by atoms with Gasteiger partial charge in [-0.05, 0) is 44.7 Å².